The second kappa shape index (κ2) is 7.71. The number of thiazole rings is 1. The van der Waals surface area contributed by atoms with Crippen LogP contribution < -0.4 is 0 Å². The third kappa shape index (κ3) is 3.82. The summed E-state index contributed by atoms with van der Waals surface area (Å²) in [6.45, 7) is 7.26. The minimum Gasteiger partial charge on any atom is -0.334 e. The van der Waals surface area contributed by atoms with E-state index in [1.165, 1.54) is 4.70 Å². The zero-order valence-corrected chi connectivity index (χ0v) is 19.0. The number of aryl methyl sites for hydroxylation is 1. The van der Waals surface area contributed by atoms with E-state index >= 15 is 0 Å². The van der Waals surface area contributed by atoms with Crippen LogP contribution in [-0.2, 0) is 16.6 Å². The molecule has 1 fully saturated rings. The maximum atomic E-state index is 13.2. The Labute approximate surface area is 185 Å². The second-order valence-electron chi connectivity index (χ2n) is 9.24. The quantitative estimate of drug-likeness (QED) is 0.458. The van der Waals surface area contributed by atoms with Gasteiger partial charge in [-0.3, -0.25) is 4.79 Å². The number of aromatic nitrogens is 4. The molecule has 0 N–H and O–H groups in total. The molecule has 4 heterocycles. The lowest BCUT2D eigenvalue weighted by Gasteiger charge is -2.25. The van der Waals surface area contributed by atoms with Gasteiger partial charge in [0.05, 0.1) is 32.7 Å². The van der Waals surface area contributed by atoms with E-state index in [-0.39, 0.29) is 17.4 Å². The Morgan fingerprint density at radius 2 is 2.06 bits per heavy atom. The first kappa shape index (κ1) is 20.1. The number of fused-ring (bicyclic) bond motifs is 2. The van der Waals surface area contributed by atoms with Crippen LogP contribution in [0.2, 0.25) is 0 Å². The highest BCUT2D eigenvalue weighted by Crippen LogP contribution is 2.33. The van der Waals surface area contributed by atoms with Crippen LogP contribution in [-0.4, -0.2) is 36.9 Å². The summed E-state index contributed by atoms with van der Waals surface area (Å²) in [5.41, 5.74) is 3.87. The van der Waals surface area contributed by atoms with Crippen molar-refractivity contribution in [2.75, 3.05) is 6.54 Å². The Morgan fingerprint density at radius 3 is 2.87 bits per heavy atom. The Kier molecular flexibility index (Phi) is 5.01. The molecule has 4 aromatic rings. The molecule has 0 saturated carbocycles. The number of para-hydroxylation sites is 1. The maximum absolute atomic E-state index is 13.2. The molecular weight excluding hydrogens is 406 g/mol. The summed E-state index contributed by atoms with van der Waals surface area (Å²) < 4.78 is 3.11. The highest BCUT2D eigenvalue weighted by atomic mass is 32.1. The number of benzene rings is 1. The average molecular weight is 434 g/mol. The van der Waals surface area contributed by atoms with Gasteiger partial charge in [-0.15, -0.1) is 11.3 Å². The summed E-state index contributed by atoms with van der Waals surface area (Å²) in [5, 5.41) is 5.87. The molecule has 5 rings (SSSR count). The fourth-order valence-corrected chi connectivity index (χ4v) is 5.26. The summed E-state index contributed by atoms with van der Waals surface area (Å²) in [5.74, 6) is 0.190. The Hall–Kier alpha value is -2.80. The highest BCUT2D eigenvalue weighted by Gasteiger charge is 2.32. The molecule has 31 heavy (non-hydrogen) atoms. The van der Waals surface area contributed by atoms with Gasteiger partial charge >= 0.3 is 0 Å². The van der Waals surface area contributed by atoms with Crippen LogP contribution in [0.3, 0.4) is 0 Å². The van der Waals surface area contributed by atoms with Gasteiger partial charge in [0.2, 0.25) is 5.91 Å². The molecule has 7 heteroatoms. The molecule has 0 radical (unpaired) electrons. The van der Waals surface area contributed by atoms with E-state index in [9.17, 15) is 4.79 Å². The van der Waals surface area contributed by atoms with Crippen molar-refractivity contribution in [3.63, 3.8) is 0 Å². The summed E-state index contributed by atoms with van der Waals surface area (Å²) >= 11 is 1.68. The van der Waals surface area contributed by atoms with Crippen LogP contribution in [0.5, 0.6) is 0 Å². The van der Waals surface area contributed by atoms with Crippen molar-refractivity contribution in [1.82, 2.24) is 24.5 Å². The maximum Gasteiger partial charge on any atom is 0.223 e. The minimum absolute atomic E-state index is 0.0427. The van der Waals surface area contributed by atoms with E-state index in [0.717, 1.165) is 46.9 Å². The predicted octanol–water partition coefficient (Wildman–Crippen LogP) is 4.93. The van der Waals surface area contributed by atoms with E-state index in [2.05, 4.69) is 42.9 Å². The molecule has 1 saturated heterocycles. The Balaban J connectivity index is 1.36. The van der Waals surface area contributed by atoms with Gasteiger partial charge in [-0.05, 0) is 31.0 Å². The number of nitrogens with zero attached hydrogens (tertiary/aromatic N) is 5. The Bertz CT molecular complexity index is 1220. The number of hydrogen-bond donors (Lipinski definition) is 0. The van der Waals surface area contributed by atoms with Crippen molar-refractivity contribution in [3.8, 4) is 0 Å². The molecule has 1 amide bonds. The average Bonchev–Trinajstić information content (AvgIpc) is 3.48. The summed E-state index contributed by atoms with van der Waals surface area (Å²) in [6.07, 6.45) is 4.96. The van der Waals surface area contributed by atoms with Gasteiger partial charge < -0.3 is 4.90 Å². The number of hydrogen-bond acceptors (Lipinski definition) is 5. The molecule has 0 spiro atoms. The van der Waals surface area contributed by atoms with Crippen LogP contribution in [0.4, 0.5) is 0 Å². The molecule has 0 unspecified atom stereocenters. The molecule has 1 aliphatic heterocycles. The van der Waals surface area contributed by atoms with Crippen molar-refractivity contribution in [3.05, 3.63) is 59.0 Å². The number of rotatable bonds is 4. The fraction of sp³-hybridized carbons (Fsp3) is 0.417. The zero-order chi connectivity index (χ0) is 21.6. The van der Waals surface area contributed by atoms with E-state index in [4.69, 9.17) is 5.10 Å². The summed E-state index contributed by atoms with van der Waals surface area (Å²) in [7, 11) is 0. The van der Waals surface area contributed by atoms with Crippen LogP contribution in [0.1, 0.15) is 62.5 Å². The van der Waals surface area contributed by atoms with Gasteiger partial charge in [0, 0.05) is 37.1 Å². The predicted molar refractivity (Wildman–Crippen MR) is 123 cm³/mol. The van der Waals surface area contributed by atoms with Gasteiger partial charge in [0.1, 0.15) is 0 Å². The lowest BCUT2D eigenvalue weighted by atomic mass is 9.93. The highest BCUT2D eigenvalue weighted by molar-refractivity contribution is 7.18. The number of likely N-dealkylation sites (tertiary alicyclic amines) is 1. The Morgan fingerprint density at radius 1 is 1.23 bits per heavy atom. The fourth-order valence-electron chi connectivity index (χ4n) is 4.29. The van der Waals surface area contributed by atoms with Crippen molar-refractivity contribution >= 4 is 33.1 Å². The molecule has 0 aliphatic carbocycles. The number of carbonyl (C=O) groups excluding carboxylic acids is 1. The monoisotopic (exact) mass is 433 g/mol. The summed E-state index contributed by atoms with van der Waals surface area (Å²) in [4.78, 5) is 24.4. The minimum atomic E-state index is -0.0482. The van der Waals surface area contributed by atoms with Crippen LogP contribution in [0.15, 0.2) is 42.6 Å². The molecule has 3 aromatic heterocycles. The lowest BCUT2D eigenvalue weighted by Crippen LogP contribution is -2.31. The normalized spacial score (nSPS) is 17.1. The molecule has 1 aromatic carbocycles. The largest absolute Gasteiger partial charge is 0.334 e. The lowest BCUT2D eigenvalue weighted by molar-refractivity contribution is -0.132. The van der Waals surface area contributed by atoms with Gasteiger partial charge in [0.15, 0.2) is 5.65 Å². The van der Waals surface area contributed by atoms with Crippen LogP contribution in [0, 0.1) is 0 Å². The van der Waals surface area contributed by atoms with Gasteiger partial charge in [-0.2, -0.15) is 5.10 Å². The van der Waals surface area contributed by atoms with E-state index in [1.54, 1.807) is 11.3 Å². The van der Waals surface area contributed by atoms with Gasteiger partial charge in [-0.25, -0.2) is 14.5 Å². The molecule has 0 bridgehead atoms. The SMILES string of the molecule is CC(C)(C)c1cc2nccc([C@H]3CCCN3C(=O)CCc3nc4ccccc4s3)n2n1. The van der Waals surface area contributed by atoms with Crippen LogP contribution in [0.25, 0.3) is 15.9 Å². The van der Waals surface area contributed by atoms with Gasteiger partial charge in [0.25, 0.3) is 0 Å². The van der Waals surface area contributed by atoms with E-state index < -0.39 is 0 Å². The van der Waals surface area contributed by atoms with Crippen molar-refractivity contribution in [2.24, 2.45) is 0 Å². The van der Waals surface area contributed by atoms with E-state index in [1.807, 2.05) is 39.9 Å². The zero-order valence-electron chi connectivity index (χ0n) is 18.2. The molecule has 1 aliphatic rings. The van der Waals surface area contributed by atoms with Crippen LogP contribution >= 0.6 is 11.3 Å². The number of carbonyl (C=O) groups is 1. The standard InChI is InChI=1S/C24H27N5OS/c1-24(2,3)20-15-21-25-13-12-18(29(21)27-20)17-8-6-14-28(17)23(30)11-10-22-26-16-7-4-5-9-19(16)31-22/h4-5,7,9,12-13,15,17H,6,8,10-11,14H2,1-3H3/t17-/m1/s1. The van der Waals surface area contributed by atoms with Crippen molar-refractivity contribution < 1.29 is 4.79 Å². The molecule has 160 valence electrons. The van der Waals surface area contributed by atoms with Crippen molar-refractivity contribution in [2.45, 2.75) is 57.9 Å². The third-order valence-corrected chi connectivity index (χ3v) is 7.06. The smallest absolute Gasteiger partial charge is 0.223 e. The summed E-state index contributed by atoms with van der Waals surface area (Å²) in [6, 6.07) is 12.2. The van der Waals surface area contributed by atoms with E-state index in [0.29, 0.717) is 12.8 Å². The molecule has 1 atom stereocenters. The molecular formula is C24H27N5OS. The first-order valence-corrected chi connectivity index (χ1v) is 11.7. The third-order valence-electron chi connectivity index (χ3n) is 5.96. The second-order valence-corrected chi connectivity index (χ2v) is 10.4. The molecule has 6 nitrogen and oxygen atoms in total. The number of amides is 1. The van der Waals surface area contributed by atoms with Gasteiger partial charge in [-0.1, -0.05) is 32.9 Å². The van der Waals surface area contributed by atoms with Crippen molar-refractivity contribution in [1.29, 1.82) is 0 Å². The topological polar surface area (TPSA) is 63.4 Å². The first-order valence-electron chi connectivity index (χ1n) is 10.9. The first-order chi connectivity index (χ1) is 14.9.